The molecule has 108 valence electrons. The fourth-order valence-corrected chi connectivity index (χ4v) is 1.25. The number of rotatable bonds is 8. The summed E-state index contributed by atoms with van der Waals surface area (Å²) in [5.41, 5.74) is -0.906. The van der Waals surface area contributed by atoms with Gasteiger partial charge in [0.2, 0.25) is 0 Å². The molecule has 0 fully saturated rings. The van der Waals surface area contributed by atoms with Gasteiger partial charge in [0.1, 0.15) is 11.7 Å². The number of aliphatic hydroxyl groups excluding tert-OH is 1. The maximum Gasteiger partial charge on any atom is 0.506 e. The van der Waals surface area contributed by atoms with E-state index in [0.29, 0.717) is 0 Å². The van der Waals surface area contributed by atoms with E-state index in [-0.39, 0.29) is 19.1 Å². The van der Waals surface area contributed by atoms with Crippen molar-refractivity contribution in [2.75, 3.05) is 20.2 Å². The van der Waals surface area contributed by atoms with Crippen LogP contribution >= 0.6 is 0 Å². The minimum atomic E-state index is -1.59. The number of carbonyl (C=O) groups is 1. The largest absolute Gasteiger partial charge is 0.506 e. The lowest BCUT2D eigenvalue weighted by atomic mass is 9.93. The summed E-state index contributed by atoms with van der Waals surface area (Å²) in [6, 6.07) is 0. The second-order valence-corrected chi connectivity index (χ2v) is 4.72. The Morgan fingerprint density at radius 2 is 1.94 bits per heavy atom. The van der Waals surface area contributed by atoms with E-state index in [9.17, 15) is 4.79 Å². The molecule has 0 saturated heterocycles. The first-order valence-corrected chi connectivity index (χ1v) is 5.75. The predicted molar refractivity (Wildman–Crippen MR) is 64.2 cm³/mol. The molecule has 0 aliphatic carbocycles. The normalized spacial score (nSPS) is 15.5. The molecule has 0 aliphatic rings. The Labute approximate surface area is 107 Å². The van der Waals surface area contributed by atoms with Gasteiger partial charge in [0.25, 0.3) is 0 Å². The van der Waals surface area contributed by atoms with Crippen LogP contribution in [-0.4, -0.2) is 59.7 Å². The molecule has 0 aromatic heterocycles. The average molecular weight is 265 g/mol. The molecular formula is C11H23NO6. The molecule has 0 aliphatic heterocycles. The van der Waals surface area contributed by atoms with Gasteiger partial charge in [0.15, 0.2) is 6.29 Å². The van der Waals surface area contributed by atoms with Crippen molar-refractivity contribution in [1.82, 2.24) is 5.32 Å². The summed E-state index contributed by atoms with van der Waals surface area (Å²) in [5, 5.41) is 29.5. The van der Waals surface area contributed by atoms with Gasteiger partial charge in [0, 0.05) is 12.5 Å². The van der Waals surface area contributed by atoms with E-state index in [1.54, 1.807) is 27.8 Å². The third-order valence-electron chi connectivity index (χ3n) is 2.84. The minimum Gasteiger partial charge on any atom is -0.450 e. The zero-order valence-electron chi connectivity index (χ0n) is 11.2. The quantitative estimate of drug-likeness (QED) is 0.361. The summed E-state index contributed by atoms with van der Waals surface area (Å²) in [7, 11) is 1.67. The van der Waals surface area contributed by atoms with Crippen molar-refractivity contribution < 1.29 is 29.6 Å². The number of nitrogens with one attached hydrogen (secondary N) is 1. The summed E-state index contributed by atoms with van der Waals surface area (Å²) in [6.07, 6.45) is -3.70. The Morgan fingerprint density at radius 1 is 1.39 bits per heavy atom. The Morgan fingerprint density at radius 3 is 2.33 bits per heavy atom. The first-order valence-electron chi connectivity index (χ1n) is 5.75. The highest BCUT2D eigenvalue weighted by Gasteiger charge is 2.31. The molecular weight excluding hydrogens is 242 g/mol. The molecule has 0 heterocycles. The lowest BCUT2D eigenvalue weighted by Crippen LogP contribution is -2.42. The van der Waals surface area contributed by atoms with Gasteiger partial charge in [0.05, 0.1) is 6.61 Å². The van der Waals surface area contributed by atoms with Crippen molar-refractivity contribution in [2.24, 2.45) is 5.92 Å². The SMILES string of the molecule is CNCC(OCC(C)C(C)(C)OC(=O)O)C(O)O. The van der Waals surface area contributed by atoms with E-state index in [0.717, 1.165) is 0 Å². The highest BCUT2D eigenvalue weighted by atomic mass is 16.7. The van der Waals surface area contributed by atoms with Gasteiger partial charge in [-0.2, -0.15) is 0 Å². The average Bonchev–Trinajstić information content (AvgIpc) is 2.21. The number of hydrogen-bond donors (Lipinski definition) is 4. The molecule has 0 radical (unpaired) electrons. The van der Waals surface area contributed by atoms with Crippen LogP contribution in [0.1, 0.15) is 20.8 Å². The van der Waals surface area contributed by atoms with E-state index in [4.69, 9.17) is 24.8 Å². The monoisotopic (exact) mass is 265 g/mol. The maximum absolute atomic E-state index is 10.5. The van der Waals surface area contributed by atoms with E-state index < -0.39 is 24.2 Å². The summed E-state index contributed by atoms with van der Waals surface area (Å²) in [6.45, 7) is 5.48. The molecule has 18 heavy (non-hydrogen) atoms. The van der Waals surface area contributed by atoms with E-state index in [1.165, 1.54) is 0 Å². The molecule has 0 aromatic rings. The van der Waals surface area contributed by atoms with Crippen molar-refractivity contribution in [3.8, 4) is 0 Å². The molecule has 0 bridgehead atoms. The van der Waals surface area contributed by atoms with E-state index >= 15 is 0 Å². The van der Waals surface area contributed by atoms with Crippen LogP contribution < -0.4 is 5.32 Å². The van der Waals surface area contributed by atoms with Gasteiger partial charge < -0.3 is 30.1 Å². The molecule has 0 saturated carbocycles. The van der Waals surface area contributed by atoms with Gasteiger partial charge in [-0.05, 0) is 20.9 Å². The second-order valence-electron chi connectivity index (χ2n) is 4.72. The van der Waals surface area contributed by atoms with Gasteiger partial charge in [-0.25, -0.2) is 4.79 Å². The number of hydrogen-bond acceptors (Lipinski definition) is 6. The molecule has 2 atom stereocenters. The second kappa shape index (κ2) is 7.52. The lowest BCUT2D eigenvalue weighted by molar-refractivity contribution is -0.156. The van der Waals surface area contributed by atoms with Crippen molar-refractivity contribution in [1.29, 1.82) is 0 Å². The third-order valence-corrected chi connectivity index (χ3v) is 2.84. The Hall–Kier alpha value is -0.890. The van der Waals surface area contributed by atoms with Crippen molar-refractivity contribution in [3.63, 3.8) is 0 Å². The smallest absolute Gasteiger partial charge is 0.450 e. The first kappa shape index (κ1) is 17.1. The number of likely N-dealkylation sites (N-methyl/N-ethyl adjacent to an activating group) is 1. The number of ether oxygens (including phenoxy) is 2. The maximum atomic E-state index is 10.5. The van der Waals surface area contributed by atoms with E-state index in [1.807, 2.05) is 0 Å². The fourth-order valence-electron chi connectivity index (χ4n) is 1.25. The summed E-state index contributed by atoms with van der Waals surface area (Å²) < 4.78 is 10.1. The molecule has 7 nitrogen and oxygen atoms in total. The van der Waals surface area contributed by atoms with Crippen LogP contribution in [0.15, 0.2) is 0 Å². The van der Waals surface area contributed by atoms with Gasteiger partial charge in [-0.3, -0.25) is 0 Å². The predicted octanol–water partition coefficient (Wildman–Crippen LogP) is 0.0110. The van der Waals surface area contributed by atoms with Crippen molar-refractivity contribution in [3.05, 3.63) is 0 Å². The van der Waals surface area contributed by atoms with Crippen LogP contribution in [0.25, 0.3) is 0 Å². The number of aliphatic hydroxyl groups is 2. The Bertz CT molecular complexity index is 256. The molecule has 0 aromatic carbocycles. The third kappa shape index (κ3) is 6.15. The first-order chi connectivity index (χ1) is 8.20. The van der Waals surface area contributed by atoms with Crippen molar-refractivity contribution >= 4 is 6.16 Å². The molecule has 2 unspecified atom stereocenters. The Balaban J connectivity index is 4.29. The van der Waals surface area contributed by atoms with Crippen LogP contribution in [0.2, 0.25) is 0 Å². The molecule has 7 heteroatoms. The molecule has 0 spiro atoms. The van der Waals surface area contributed by atoms with Crippen LogP contribution in [0.3, 0.4) is 0 Å². The fraction of sp³-hybridized carbons (Fsp3) is 0.909. The molecule has 4 N–H and O–H groups in total. The van der Waals surface area contributed by atoms with Crippen LogP contribution in [0.4, 0.5) is 4.79 Å². The standard InChI is InChI=1S/C11H23NO6/c1-7(11(2,3)18-10(15)16)6-17-8(5-12-4)9(13)14/h7-9,12-14H,5-6H2,1-4H3,(H,15,16). The van der Waals surface area contributed by atoms with Gasteiger partial charge >= 0.3 is 6.16 Å². The van der Waals surface area contributed by atoms with Gasteiger partial charge in [-0.1, -0.05) is 6.92 Å². The topological polar surface area (TPSA) is 108 Å². The highest BCUT2D eigenvalue weighted by Crippen LogP contribution is 2.22. The van der Waals surface area contributed by atoms with Crippen molar-refractivity contribution in [2.45, 2.75) is 38.8 Å². The molecule has 0 rings (SSSR count). The van der Waals surface area contributed by atoms with Crippen LogP contribution in [0, 0.1) is 5.92 Å². The summed E-state index contributed by atoms with van der Waals surface area (Å²) in [4.78, 5) is 10.5. The zero-order valence-corrected chi connectivity index (χ0v) is 11.2. The van der Waals surface area contributed by atoms with E-state index in [2.05, 4.69) is 5.32 Å². The molecule has 0 amide bonds. The van der Waals surface area contributed by atoms with Crippen LogP contribution in [0.5, 0.6) is 0 Å². The highest BCUT2D eigenvalue weighted by molar-refractivity contribution is 5.57. The minimum absolute atomic E-state index is 0.157. The lowest BCUT2D eigenvalue weighted by Gasteiger charge is -2.31. The Kier molecular flexibility index (Phi) is 7.15. The summed E-state index contributed by atoms with van der Waals surface area (Å²) >= 11 is 0. The zero-order chi connectivity index (χ0) is 14.3. The van der Waals surface area contributed by atoms with Gasteiger partial charge in [-0.15, -0.1) is 0 Å². The summed E-state index contributed by atoms with van der Waals surface area (Å²) in [5.74, 6) is -0.230. The number of carboxylic acid groups (broad SMARTS) is 1. The van der Waals surface area contributed by atoms with Crippen LogP contribution in [-0.2, 0) is 9.47 Å².